The predicted molar refractivity (Wildman–Crippen MR) is 69.2 cm³/mol. The van der Waals surface area contributed by atoms with Gasteiger partial charge in [-0.1, -0.05) is 12.2 Å². The van der Waals surface area contributed by atoms with Gasteiger partial charge in [-0.05, 0) is 25.3 Å². The number of hydrogen-bond donors (Lipinski definition) is 1. The number of aromatic nitrogens is 1. The van der Waals surface area contributed by atoms with Crippen molar-refractivity contribution in [3.63, 3.8) is 0 Å². The number of pyridine rings is 1. The molecule has 92 valence electrons. The zero-order valence-corrected chi connectivity index (χ0v) is 10.4. The van der Waals surface area contributed by atoms with E-state index in [0.29, 0.717) is 17.5 Å². The monoisotopic (exact) mass is 252 g/mol. The highest BCUT2D eigenvalue weighted by Gasteiger charge is 2.14. The second kappa shape index (κ2) is 5.93. The second-order valence-corrected chi connectivity index (χ2v) is 4.49. The molecular formula is C12H16N2O2S. The number of nitrogens with two attached hydrogens (primary N) is 1. The molecule has 1 fully saturated rings. The third-order valence-electron chi connectivity index (χ3n) is 2.71. The third kappa shape index (κ3) is 3.64. The van der Waals surface area contributed by atoms with Crippen LogP contribution in [0.15, 0.2) is 18.3 Å². The molecule has 0 bridgehead atoms. The molecule has 1 aromatic rings. The first-order valence-corrected chi connectivity index (χ1v) is 6.17. The summed E-state index contributed by atoms with van der Waals surface area (Å²) in [6, 6.07) is 3.53. The fourth-order valence-corrected chi connectivity index (χ4v) is 1.89. The normalized spacial score (nSPS) is 19.9. The van der Waals surface area contributed by atoms with Crippen LogP contribution in [-0.4, -0.2) is 29.3 Å². The van der Waals surface area contributed by atoms with E-state index >= 15 is 0 Å². The summed E-state index contributed by atoms with van der Waals surface area (Å²) in [6.45, 7) is 1.36. The van der Waals surface area contributed by atoms with Crippen molar-refractivity contribution in [2.45, 2.75) is 25.4 Å². The van der Waals surface area contributed by atoms with Crippen molar-refractivity contribution < 1.29 is 9.47 Å². The van der Waals surface area contributed by atoms with Crippen LogP contribution in [0.5, 0.6) is 5.88 Å². The summed E-state index contributed by atoms with van der Waals surface area (Å²) < 4.78 is 11.2. The number of thiocarbonyl (C=S) groups is 1. The van der Waals surface area contributed by atoms with Gasteiger partial charge >= 0.3 is 0 Å². The van der Waals surface area contributed by atoms with Crippen LogP contribution >= 0.6 is 12.2 Å². The summed E-state index contributed by atoms with van der Waals surface area (Å²) in [6.07, 6.45) is 5.22. The zero-order valence-electron chi connectivity index (χ0n) is 9.59. The Morgan fingerprint density at radius 2 is 2.47 bits per heavy atom. The van der Waals surface area contributed by atoms with Gasteiger partial charge in [0.2, 0.25) is 5.88 Å². The van der Waals surface area contributed by atoms with E-state index in [9.17, 15) is 0 Å². The number of nitrogens with zero attached hydrogens (tertiary/aromatic N) is 1. The van der Waals surface area contributed by atoms with E-state index in [0.717, 1.165) is 25.0 Å². The van der Waals surface area contributed by atoms with E-state index in [4.69, 9.17) is 27.4 Å². The van der Waals surface area contributed by atoms with Gasteiger partial charge in [-0.3, -0.25) is 0 Å². The molecule has 2 N–H and O–H groups in total. The van der Waals surface area contributed by atoms with Crippen molar-refractivity contribution in [3.05, 3.63) is 23.9 Å². The quantitative estimate of drug-likeness (QED) is 0.826. The standard InChI is InChI=1S/C12H16N2O2S/c13-12(17)9-4-5-14-11(7-9)16-8-10-3-1-2-6-15-10/h4-5,7,10H,1-3,6,8H2,(H2,13,17). The highest BCUT2D eigenvalue weighted by Crippen LogP contribution is 2.15. The Bertz CT molecular complexity index is 392. The van der Waals surface area contributed by atoms with E-state index in [2.05, 4.69) is 4.98 Å². The molecule has 4 nitrogen and oxygen atoms in total. The molecule has 0 spiro atoms. The molecule has 0 aromatic carbocycles. The lowest BCUT2D eigenvalue weighted by atomic mass is 10.1. The van der Waals surface area contributed by atoms with E-state index in [1.165, 1.54) is 6.42 Å². The molecular weight excluding hydrogens is 236 g/mol. The highest BCUT2D eigenvalue weighted by atomic mass is 32.1. The minimum Gasteiger partial charge on any atom is -0.475 e. The average Bonchev–Trinajstić information content (AvgIpc) is 2.38. The fraction of sp³-hybridized carbons (Fsp3) is 0.500. The lowest BCUT2D eigenvalue weighted by Gasteiger charge is -2.22. The fourth-order valence-electron chi connectivity index (χ4n) is 1.76. The van der Waals surface area contributed by atoms with Crippen molar-refractivity contribution in [2.24, 2.45) is 5.73 Å². The Morgan fingerprint density at radius 3 is 3.18 bits per heavy atom. The molecule has 0 saturated carbocycles. The molecule has 0 aliphatic carbocycles. The molecule has 0 radical (unpaired) electrons. The third-order valence-corrected chi connectivity index (χ3v) is 2.95. The number of ether oxygens (including phenoxy) is 2. The average molecular weight is 252 g/mol. The van der Waals surface area contributed by atoms with Crippen LogP contribution in [-0.2, 0) is 4.74 Å². The Hall–Kier alpha value is -1.20. The van der Waals surface area contributed by atoms with Crippen LogP contribution in [0.2, 0.25) is 0 Å². The number of hydrogen-bond acceptors (Lipinski definition) is 4. The summed E-state index contributed by atoms with van der Waals surface area (Å²) in [4.78, 5) is 4.47. The van der Waals surface area contributed by atoms with Crippen LogP contribution in [0.25, 0.3) is 0 Å². The van der Waals surface area contributed by atoms with Crippen LogP contribution in [0.3, 0.4) is 0 Å². The molecule has 1 aliphatic rings. The first-order chi connectivity index (χ1) is 8.25. The number of rotatable bonds is 4. The Kier molecular flexibility index (Phi) is 4.28. The van der Waals surface area contributed by atoms with Crippen molar-refractivity contribution in [2.75, 3.05) is 13.2 Å². The maximum absolute atomic E-state index is 5.58. The summed E-state index contributed by atoms with van der Waals surface area (Å²) in [5, 5.41) is 0. The summed E-state index contributed by atoms with van der Waals surface area (Å²) in [7, 11) is 0. The maximum atomic E-state index is 5.58. The van der Waals surface area contributed by atoms with E-state index < -0.39 is 0 Å². The van der Waals surface area contributed by atoms with Gasteiger partial charge in [0.05, 0.1) is 6.10 Å². The highest BCUT2D eigenvalue weighted by molar-refractivity contribution is 7.80. The minimum atomic E-state index is 0.180. The van der Waals surface area contributed by atoms with Gasteiger partial charge in [0.25, 0.3) is 0 Å². The Labute approximate surface area is 106 Å². The van der Waals surface area contributed by atoms with Gasteiger partial charge in [0, 0.05) is 24.4 Å². The second-order valence-electron chi connectivity index (χ2n) is 4.05. The Balaban J connectivity index is 1.89. The summed E-state index contributed by atoms with van der Waals surface area (Å²) in [5.74, 6) is 0.546. The molecule has 1 aliphatic heterocycles. The van der Waals surface area contributed by atoms with Crippen LogP contribution in [0.1, 0.15) is 24.8 Å². The lowest BCUT2D eigenvalue weighted by molar-refractivity contribution is -0.0119. The SMILES string of the molecule is NC(=S)c1ccnc(OCC2CCCCO2)c1. The van der Waals surface area contributed by atoms with Crippen LogP contribution < -0.4 is 10.5 Å². The van der Waals surface area contributed by atoms with Gasteiger partial charge in [0.15, 0.2) is 0 Å². The molecule has 5 heteroatoms. The largest absolute Gasteiger partial charge is 0.475 e. The lowest BCUT2D eigenvalue weighted by Crippen LogP contribution is -2.26. The van der Waals surface area contributed by atoms with Crippen molar-refractivity contribution in [3.8, 4) is 5.88 Å². The van der Waals surface area contributed by atoms with Crippen molar-refractivity contribution in [1.29, 1.82) is 0 Å². The molecule has 1 aromatic heterocycles. The van der Waals surface area contributed by atoms with E-state index in [-0.39, 0.29) is 6.10 Å². The van der Waals surface area contributed by atoms with Gasteiger partial charge in [-0.15, -0.1) is 0 Å². The van der Waals surface area contributed by atoms with E-state index in [1.54, 1.807) is 18.3 Å². The first-order valence-electron chi connectivity index (χ1n) is 5.76. The molecule has 1 atom stereocenters. The maximum Gasteiger partial charge on any atom is 0.213 e. The van der Waals surface area contributed by atoms with Gasteiger partial charge in [-0.2, -0.15) is 0 Å². The summed E-state index contributed by atoms with van der Waals surface area (Å²) >= 11 is 4.90. The van der Waals surface area contributed by atoms with Gasteiger partial charge in [0.1, 0.15) is 11.6 Å². The molecule has 1 unspecified atom stereocenters. The van der Waals surface area contributed by atoms with Gasteiger partial charge in [-0.25, -0.2) is 4.98 Å². The molecule has 17 heavy (non-hydrogen) atoms. The van der Waals surface area contributed by atoms with Crippen LogP contribution in [0, 0.1) is 0 Å². The molecule has 0 amide bonds. The van der Waals surface area contributed by atoms with Crippen molar-refractivity contribution >= 4 is 17.2 Å². The molecule has 1 saturated heterocycles. The van der Waals surface area contributed by atoms with Gasteiger partial charge < -0.3 is 15.2 Å². The summed E-state index contributed by atoms with van der Waals surface area (Å²) in [5.41, 5.74) is 6.32. The van der Waals surface area contributed by atoms with E-state index in [1.807, 2.05) is 0 Å². The smallest absolute Gasteiger partial charge is 0.213 e. The predicted octanol–water partition coefficient (Wildman–Crippen LogP) is 1.66. The Morgan fingerprint density at radius 1 is 1.59 bits per heavy atom. The first kappa shape index (κ1) is 12.3. The van der Waals surface area contributed by atoms with Crippen molar-refractivity contribution in [1.82, 2.24) is 4.98 Å². The zero-order chi connectivity index (χ0) is 12.1. The molecule has 2 heterocycles. The minimum absolute atomic E-state index is 0.180. The van der Waals surface area contributed by atoms with Crippen LogP contribution in [0.4, 0.5) is 0 Å². The molecule has 2 rings (SSSR count). The topological polar surface area (TPSA) is 57.4 Å².